The van der Waals surface area contributed by atoms with Gasteiger partial charge in [0, 0.05) is 0 Å². The van der Waals surface area contributed by atoms with Crippen LogP contribution >= 0.6 is 0 Å². The largest absolute Gasteiger partial charge is 0.0648 e. The molecule has 4 bridgehead atoms. The van der Waals surface area contributed by atoms with E-state index in [0.29, 0.717) is 27.1 Å². The average molecular weight is 248 g/mol. The second kappa shape index (κ2) is 2.72. The third-order valence-electron chi connectivity index (χ3n) is 10.2. The minimum atomic E-state index is 0.468. The molecule has 0 heterocycles. The Hall–Kier alpha value is 0. The first-order valence-corrected chi connectivity index (χ1v) is 8.00. The standard InChI is InChI=1S/C18H32/c1-10-15(6)17(8)12(3)13-11(2)16(17,7)14(4,5)18(13,15)9/h11-13H,10H2,1-9H3. The van der Waals surface area contributed by atoms with E-state index in [-0.39, 0.29) is 0 Å². The second-order valence-corrected chi connectivity index (χ2v) is 9.02. The maximum absolute atomic E-state index is 2.64. The van der Waals surface area contributed by atoms with E-state index in [4.69, 9.17) is 0 Å². The predicted octanol–water partition coefficient (Wildman–Crippen LogP) is 5.38. The third-order valence-corrected chi connectivity index (χ3v) is 10.2. The fourth-order valence-corrected chi connectivity index (χ4v) is 8.68. The molecule has 0 N–H and O–H groups in total. The van der Waals surface area contributed by atoms with Crippen LogP contribution in [0, 0.1) is 44.8 Å². The summed E-state index contributed by atoms with van der Waals surface area (Å²) in [6, 6.07) is 0. The first-order chi connectivity index (χ1) is 8.00. The van der Waals surface area contributed by atoms with Gasteiger partial charge in [-0.3, -0.25) is 0 Å². The van der Waals surface area contributed by atoms with Gasteiger partial charge >= 0.3 is 0 Å². The van der Waals surface area contributed by atoms with Crippen molar-refractivity contribution in [2.24, 2.45) is 44.8 Å². The summed E-state index contributed by atoms with van der Waals surface area (Å²) in [5.41, 5.74) is 2.50. The van der Waals surface area contributed by atoms with Gasteiger partial charge in [-0.1, -0.05) is 62.3 Å². The van der Waals surface area contributed by atoms with Crippen molar-refractivity contribution in [3.05, 3.63) is 0 Å². The molecular weight excluding hydrogens is 216 g/mol. The van der Waals surface area contributed by atoms with Crippen LogP contribution in [0.1, 0.15) is 68.7 Å². The van der Waals surface area contributed by atoms with Crippen molar-refractivity contribution in [1.82, 2.24) is 0 Å². The second-order valence-electron chi connectivity index (χ2n) is 9.02. The highest BCUT2D eigenvalue weighted by Crippen LogP contribution is 2.97. The lowest BCUT2D eigenvalue weighted by molar-refractivity contribution is -0.0442. The summed E-state index contributed by atoms with van der Waals surface area (Å²) in [5.74, 6) is 2.70. The molecule has 4 saturated carbocycles. The summed E-state index contributed by atoms with van der Waals surface area (Å²) in [4.78, 5) is 0. The molecule has 4 rings (SSSR count). The Morgan fingerprint density at radius 3 is 1.50 bits per heavy atom. The van der Waals surface area contributed by atoms with Crippen molar-refractivity contribution < 1.29 is 0 Å². The van der Waals surface area contributed by atoms with Crippen LogP contribution in [0.2, 0.25) is 0 Å². The Morgan fingerprint density at radius 1 is 0.722 bits per heavy atom. The number of hydrogen-bond donors (Lipinski definition) is 0. The molecule has 0 amide bonds. The van der Waals surface area contributed by atoms with E-state index in [9.17, 15) is 0 Å². The van der Waals surface area contributed by atoms with Crippen molar-refractivity contribution in [2.45, 2.75) is 68.7 Å². The van der Waals surface area contributed by atoms with E-state index < -0.39 is 0 Å². The summed E-state index contributed by atoms with van der Waals surface area (Å²) in [7, 11) is 0. The van der Waals surface area contributed by atoms with Crippen LogP contribution in [0.15, 0.2) is 0 Å². The van der Waals surface area contributed by atoms with E-state index >= 15 is 0 Å². The minimum Gasteiger partial charge on any atom is -0.0648 e. The van der Waals surface area contributed by atoms with Crippen LogP contribution in [0.5, 0.6) is 0 Å². The molecule has 0 aromatic carbocycles. The van der Waals surface area contributed by atoms with Crippen molar-refractivity contribution >= 4 is 0 Å². The first-order valence-electron chi connectivity index (χ1n) is 8.00. The van der Waals surface area contributed by atoms with E-state index in [1.165, 1.54) is 6.42 Å². The van der Waals surface area contributed by atoms with Gasteiger partial charge in [-0.15, -0.1) is 0 Å². The van der Waals surface area contributed by atoms with Crippen LogP contribution in [0.4, 0.5) is 0 Å². The summed E-state index contributed by atoms with van der Waals surface area (Å²) in [6.45, 7) is 23.2. The molecule has 0 spiro atoms. The Kier molecular flexibility index (Phi) is 1.97. The number of hydrogen-bond acceptors (Lipinski definition) is 0. The number of rotatable bonds is 1. The first kappa shape index (κ1) is 13.0. The van der Waals surface area contributed by atoms with E-state index in [1.54, 1.807) is 0 Å². The quantitative estimate of drug-likeness (QED) is 0.584. The van der Waals surface area contributed by atoms with Crippen LogP contribution in [0.3, 0.4) is 0 Å². The highest BCUT2D eigenvalue weighted by atomic mass is 15.0. The molecule has 0 heteroatoms. The Balaban J connectivity index is 2.40. The molecule has 0 aromatic heterocycles. The maximum atomic E-state index is 2.64. The van der Waals surface area contributed by atoms with Gasteiger partial charge in [0.1, 0.15) is 0 Å². The van der Waals surface area contributed by atoms with Crippen molar-refractivity contribution in [2.75, 3.05) is 0 Å². The zero-order valence-corrected chi connectivity index (χ0v) is 13.9. The van der Waals surface area contributed by atoms with Crippen molar-refractivity contribution in [3.8, 4) is 0 Å². The van der Waals surface area contributed by atoms with Gasteiger partial charge in [-0.25, -0.2) is 0 Å². The molecule has 0 aromatic rings. The summed E-state index contributed by atoms with van der Waals surface area (Å²) in [6.07, 6.45) is 1.34. The Labute approximate surface area is 114 Å². The van der Waals surface area contributed by atoms with Gasteiger partial charge in [0.15, 0.2) is 0 Å². The normalized spacial score (nSPS) is 68.2. The summed E-state index contributed by atoms with van der Waals surface area (Å²) in [5, 5.41) is 0. The minimum absolute atomic E-state index is 0.468. The molecule has 0 nitrogen and oxygen atoms in total. The van der Waals surface area contributed by atoms with Crippen LogP contribution in [0.25, 0.3) is 0 Å². The molecule has 4 aliphatic carbocycles. The van der Waals surface area contributed by atoms with E-state index in [1.807, 2.05) is 0 Å². The van der Waals surface area contributed by atoms with Crippen molar-refractivity contribution in [1.29, 1.82) is 0 Å². The molecule has 0 saturated heterocycles. The highest BCUT2D eigenvalue weighted by molar-refractivity contribution is 5.39. The lowest BCUT2D eigenvalue weighted by atomic mass is 9.52. The average Bonchev–Trinajstić information content (AvgIpc) is 2.63. The SMILES string of the molecule is CCC1(C)C2(C)C3C(C)C(C)(C2(C)C)C1(C)C3C. The topological polar surface area (TPSA) is 0 Å². The van der Waals surface area contributed by atoms with Gasteiger partial charge in [0.2, 0.25) is 0 Å². The fourth-order valence-electron chi connectivity index (χ4n) is 8.68. The molecule has 4 aliphatic rings. The molecular formula is C18H32. The highest BCUT2D eigenvalue weighted by Gasteiger charge is 2.92. The van der Waals surface area contributed by atoms with Gasteiger partial charge < -0.3 is 0 Å². The van der Waals surface area contributed by atoms with Crippen molar-refractivity contribution in [3.63, 3.8) is 0 Å². The van der Waals surface area contributed by atoms with Gasteiger partial charge in [-0.2, -0.15) is 0 Å². The summed E-state index contributed by atoms with van der Waals surface area (Å²) >= 11 is 0. The molecule has 0 aliphatic heterocycles. The predicted molar refractivity (Wildman–Crippen MR) is 78.3 cm³/mol. The van der Waals surface area contributed by atoms with E-state index in [0.717, 1.165) is 17.8 Å². The maximum Gasteiger partial charge on any atom is -0.0176 e. The smallest absolute Gasteiger partial charge is 0.0176 e. The molecule has 7 unspecified atom stereocenters. The molecule has 4 fully saturated rings. The monoisotopic (exact) mass is 248 g/mol. The van der Waals surface area contributed by atoms with Crippen LogP contribution in [-0.2, 0) is 0 Å². The van der Waals surface area contributed by atoms with Crippen LogP contribution < -0.4 is 0 Å². The van der Waals surface area contributed by atoms with E-state index in [2.05, 4.69) is 62.3 Å². The van der Waals surface area contributed by atoms with Gasteiger partial charge in [-0.05, 0) is 51.2 Å². The zero-order valence-electron chi connectivity index (χ0n) is 13.9. The zero-order chi connectivity index (χ0) is 13.9. The molecule has 7 atom stereocenters. The Morgan fingerprint density at radius 2 is 1.17 bits per heavy atom. The lowest BCUT2D eigenvalue weighted by Crippen LogP contribution is -2.46. The van der Waals surface area contributed by atoms with Gasteiger partial charge in [0.05, 0.1) is 0 Å². The van der Waals surface area contributed by atoms with Crippen LogP contribution in [-0.4, -0.2) is 0 Å². The molecule has 104 valence electrons. The summed E-state index contributed by atoms with van der Waals surface area (Å²) < 4.78 is 0. The lowest BCUT2D eigenvalue weighted by Gasteiger charge is -2.52. The third kappa shape index (κ3) is 0.657. The fraction of sp³-hybridized carbons (Fsp3) is 1.00. The molecule has 0 radical (unpaired) electrons. The van der Waals surface area contributed by atoms with Gasteiger partial charge in [0.25, 0.3) is 0 Å². The molecule has 18 heavy (non-hydrogen) atoms. The Bertz CT molecular complexity index is 416.